The van der Waals surface area contributed by atoms with Crippen molar-refractivity contribution in [2.45, 2.75) is 70.4 Å². The number of carbonyl (C=O) groups excluding carboxylic acids is 1. The van der Waals surface area contributed by atoms with Gasteiger partial charge in [-0.1, -0.05) is 26.7 Å². The van der Waals surface area contributed by atoms with Crippen LogP contribution in [-0.2, 0) is 0 Å². The van der Waals surface area contributed by atoms with Crippen LogP contribution in [0.25, 0.3) is 0 Å². The van der Waals surface area contributed by atoms with Gasteiger partial charge in [0.15, 0.2) is 0 Å². The van der Waals surface area contributed by atoms with Crippen molar-refractivity contribution in [1.29, 1.82) is 0 Å². The molecule has 1 saturated carbocycles. The normalized spacial score (nSPS) is 34.4. The summed E-state index contributed by atoms with van der Waals surface area (Å²) in [6.45, 7) is 8.98. The molecule has 3 aliphatic rings. The van der Waals surface area contributed by atoms with E-state index in [1.54, 1.807) is 0 Å². The molecule has 2 unspecified atom stereocenters. The zero-order valence-corrected chi connectivity index (χ0v) is 15.5. The van der Waals surface area contributed by atoms with Gasteiger partial charge in [0.1, 0.15) is 0 Å². The highest BCUT2D eigenvalue weighted by Gasteiger charge is 2.43. The maximum Gasteiger partial charge on any atom is 0.317 e. The van der Waals surface area contributed by atoms with Gasteiger partial charge in [0.2, 0.25) is 0 Å². The number of nitrogens with one attached hydrogen (secondary N) is 1. The quantitative estimate of drug-likeness (QED) is 0.828. The molecule has 2 saturated heterocycles. The number of hydrogen-bond acceptors (Lipinski definition) is 3. The van der Waals surface area contributed by atoms with Crippen LogP contribution in [0.4, 0.5) is 4.79 Å². The summed E-state index contributed by atoms with van der Waals surface area (Å²) < 4.78 is 0. The van der Waals surface area contributed by atoms with Gasteiger partial charge in [-0.3, -0.25) is 4.90 Å². The van der Waals surface area contributed by atoms with Gasteiger partial charge in [-0.2, -0.15) is 0 Å². The van der Waals surface area contributed by atoms with E-state index in [0.717, 1.165) is 51.9 Å². The molecule has 0 bridgehead atoms. The Bertz CT molecular complexity index is 442. The molecule has 5 nitrogen and oxygen atoms in total. The maximum absolute atomic E-state index is 12.6. The second-order valence-corrected chi connectivity index (χ2v) is 8.61. The summed E-state index contributed by atoms with van der Waals surface area (Å²) >= 11 is 0. The Balaban J connectivity index is 1.47. The van der Waals surface area contributed by atoms with Crippen LogP contribution in [0, 0.1) is 11.8 Å². The lowest BCUT2D eigenvalue weighted by Gasteiger charge is -2.47. The van der Waals surface area contributed by atoms with Gasteiger partial charge in [-0.15, -0.1) is 0 Å². The molecule has 24 heavy (non-hydrogen) atoms. The fraction of sp³-hybridized carbons (Fsp3) is 0.947. The number of aliphatic hydroxyl groups is 1. The predicted molar refractivity (Wildman–Crippen MR) is 95.9 cm³/mol. The third-order valence-electron chi connectivity index (χ3n) is 6.30. The van der Waals surface area contributed by atoms with E-state index in [1.807, 2.05) is 4.90 Å². The Kier molecular flexibility index (Phi) is 5.70. The number of carbonyl (C=O) groups is 1. The average molecular weight is 338 g/mol. The number of piperidine rings is 1. The fourth-order valence-corrected chi connectivity index (χ4v) is 4.91. The summed E-state index contributed by atoms with van der Waals surface area (Å²) in [6.07, 6.45) is 7.47. The van der Waals surface area contributed by atoms with Gasteiger partial charge in [0, 0.05) is 38.1 Å². The number of fused-ring (bicyclic) bond motifs is 1. The van der Waals surface area contributed by atoms with Crippen LogP contribution in [-0.4, -0.2) is 65.3 Å². The van der Waals surface area contributed by atoms with E-state index in [1.165, 1.54) is 19.3 Å². The zero-order chi connectivity index (χ0) is 17.2. The van der Waals surface area contributed by atoms with Crippen LogP contribution in [0.3, 0.4) is 0 Å². The molecule has 2 heterocycles. The maximum atomic E-state index is 12.6. The third-order valence-corrected chi connectivity index (χ3v) is 6.30. The van der Waals surface area contributed by atoms with Crippen LogP contribution in [0.1, 0.15) is 58.8 Å². The molecule has 2 amide bonds. The smallest absolute Gasteiger partial charge is 0.317 e. The highest BCUT2D eigenvalue weighted by molar-refractivity contribution is 5.74. The van der Waals surface area contributed by atoms with Crippen molar-refractivity contribution in [3.63, 3.8) is 0 Å². The number of urea groups is 1. The van der Waals surface area contributed by atoms with E-state index in [0.29, 0.717) is 18.5 Å². The molecule has 0 radical (unpaired) electrons. The van der Waals surface area contributed by atoms with Crippen molar-refractivity contribution in [3.05, 3.63) is 0 Å². The average Bonchev–Trinajstić information content (AvgIpc) is 2.98. The summed E-state index contributed by atoms with van der Waals surface area (Å²) in [5.41, 5.74) is -0.505. The number of rotatable bonds is 4. The second-order valence-electron chi connectivity index (χ2n) is 8.61. The first kappa shape index (κ1) is 18.0. The Morgan fingerprint density at radius 2 is 2.04 bits per heavy atom. The lowest BCUT2D eigenvalue weighted by atomic mass is 9.71. The lowest BCUT2D eigenvalue weighted by molar-refractivity contribution is -0.0871. The first-order valence-electron chi connectivity index (χ1n) is 9.97. The van der Waals surface area contributed by atoms with Crippen LogP contribution in [0.5, 0.6) is 0 Å². The molecule has 2 aliphatic heterocycles. The van der Waals surface area contributed by atoms with E-state index in [-0.39, 0.29) is 11.9 Å². The summed E-state index contributed by atoms with van der Waals surface area (Å²) in [5.74, 6) is 0.946. The minimum Gasteiger partial charge on any atom is -0.389 e. The number of amides is 2. The molecule has 0 aromatic carbocycles. The largest absolute Gasteiger partial charge is 0.389 e. The van der Waals surface area contributed by atoms with Crippen molar-refractivity contribution in [3.8, 4) is 0 Å². The molecule has 5 heteroatoms. The Morgan fingerprint density at radius 1 is 1.21 bits per heavy atom. The van der Waals surface area contributed by atoms with Crippen LogP contribution in [0.2, 0.25) is 0 Å². The fourth-order valence-electron chi connectivity index (χ4n) is 4.91. The van der Waals surface area contributed by atoms with Crippen molar-refractivity contribution in [1.82, 2.24) is 15.1 Å². The molecule has 0 spiro atoms. The van der Waals surface area contributed by atoms with Gasteiger partial charge in [-0.25, -0.2) is 4.79 Å². The van der Waals surface area contributed by atoms with Crippen molar-refractivity contribution in [2.24, 2.45) is 11.8 Å². The van der Waals surface area contributed by atoms with Gasteiger partial charge >= 0.3 is 6.03 Å². The molecule has 3 atom stereocenters. The molecule has 138 valence electrons. The summed E-state index contributed by atoms with van der Waals surface area (Å²) in [4.78, 5) is 17.0. The molecule has 2 N–H and O–H groups in total. The number of nitrogens with zero attached hydrogens (tertiary/aromatic N) is 2. The molecule has 0 aromatic heterocycles. The summed E-state index contributed by atoms with van der Waals surface area (Å²) in [6, 6.07) is 0.562. The highest BCUT2D eigenvalue weighted by atomic mass is 16.3. The minimum atomic E-state index is -0.505. The first-order chi connectivity index (χ1) is 11.5. The molecule has 3 fully saturated rings. The van der Waals surface area contributed by atoms with E-state index in [2.05, 4.69) is 24.1 Å². The van der Waals surface area contributed by atoms with E-state index in [4.69, 9.17) is 0 Å². The topological polar surface area (TPSA) is 55.8 Å². The molecule has 1 aliphatic carbocycles. The third kappa shape index (κ3) is 4.05. The van der Waals surface area contributed by atoms with E-state index in [9.17, 15) is 9.90 Å². The first-order valence-corrected chi connectivity index (χ1v) is 9.97. The van der Waals surface area contributed by atoms with Crippen molar-refractivity contribution < 1.29 is 9.90 Å². The minimum absolute atomic E-state index is 0.0685. The van der Waals surface area contributed by atoms with E-state index < -0.39 is 5.60 Å². The Hall–Kier alpha value is -0.810. The second kappa shape index (κ2) is 7.61. The molecule has 0 aromatic rings. The molecule has 3 rings (SSSR count). The van der Waals surface area contributed by atoms with Crippen molar-refractivity contribution >= 4 is 6.03 Å². The monoisotopic (exact) mass is 337 g/mol. The summed E-state index contributed by atoms with van der Waals surface area (Å²) in [7, 11) is 0. The molecular formula is C19H35N3O2. The van der Waals surface area contributed by atoms with Gasteiger partial charge in [0.05, 0.1) is 5.60 Å². The highest BCUT2D eigenvalue weighted by Crippen LogP contribution is 2.39. The van der Waals surface area contributed by atoms with Crippen LogP contribution >= 0.6 is 0 Å². The Morgan fingerprint density at radius 3 is 2.83 bits per heavy atom. The van der Waals surface area contributed by atoms with Crippen molar-refractivity contribution in [2.75, 3.05) is 32.7 Å². The van der Waals surface area contributed by atoms with E-state index >= 15 is 0 Å². The van der Waals surface area contributed by atoms with Crippen LogP contribution in [0.15, 0.2) is 0 Å². The zero-order valence-electron chi connectivity index (χ0n) is 15.5. The number of hydrogen-bond donors (Lipinski definition) is 2. The van der Waals surface area contributed by atoms with Gasteiger partial charge in [0.25, 0.3) is 0 Å². The van der Waals surface area contributed by atoms with Crippen LogP contribution < -0.4 is 5.32 Å². The SMILES string of the molecule is CC(C)CN1CCC[C@H]1CNC(=O)N1CCC2(O)CCCCC2C1. The lowest BCUT2D eigenvalue weighted by Crippen LogP contribution is -2.57. The summed E-state index contributed by atoms with van der Waals surface area (Å²) in [5, 5.41) is 13.9. The predicted octanol–water partition coefficient (Wildman–Crippen LogP) is 2.44. The number of likely N-dealkylation sites (tertiary alicyclic amines) is 2. The Labute approximate surface area is 146 Å². The van der Waals surface area contributed by atoms with Gasteiger partial charge < -0.3 is 15.3 Å². The van der Waals surface area contributed by atoms with Gasteiger partial charge in [-0.05, 0) is 44.6 Å². The standard InChI is InChI=1S/C19H35N3O2/c1-15(2)13-21-10-5-7-17(21)12-20-18(23)22-11-9-19(24)8-4-3-6-16(19)14-22/h15-17,24H,3-14H2,1-2H3,(H,20,23)/t16?,17-,19?/m0/s1. The molecular weight excluding hydrogens is 302 g/mol.